The summed E-state index contributed by atoms with van der Waals surface area (Å²) < 4.78 is 0. The van der Waals surface area contributed by atoms with Crippen LogP contribution in [0.4, 0.5) is 0 Å². The summed E-state index contributed by atoms with van der Waals surface area (Å²) in [6.45, 7) is 4.80. The lowest BCUT2D eigenvalue weighted by Crippen LogP contribution is -1.98. The molecule has 2 N–H and O–H groups in total. The van der Waals surface area contributed by atoms with Crippen molar-refractivity contribution in [1.82, 2.24) is 9.97 Å². The predicted molar refractivity (Wildman–Crippen MR) is 73.7 cm³/mol. The van der Waals surface area contributed by atoms with Crippen LogP contribution in [0.15, 0.2) is 5.38 Å². The highest BCUT2D eigenvalue weighted by Crippen LogP contribution is 2.22. The van der Waals surface area contributed by atoms with Gasteiger partial charge in [0.25, 0.3) is 0 Å². The molecule has 0 bridgehead atoms. The third kappa shape index (κ3) is 3.12. The Kier molecular flexibility index (Phi) is 4.25. The first kappa shape index (κ1) is 12.7. The largest absolute Gasteiger partial charge is 0.326 e. The molecule has 0 saturated carbocycles. The number of nitrogens with two attached hydrogens (primary N) is 1. The van der Waals surface area contributed by atoms with E-state index in [9.17, 15) is 0 Å². The Labute approximate surface area is 110 Å². The van der Waals surface area contributed by atoms with Crippen molar-refractivity contribution < 1.29 is 0 Å². The Bertz CT molecular complexity index is 488. The molecule has 0 fully saturated rings. The molecule has 0 radical (unpaired) electrons. The first-order chi connectivity index (χ1) is 8.22. The van der Waals surface area contributed by atoms with E-state index in [0.29, 0.717) is 6.54 Å². The molecule has 2 rings (SSSR count). The fraction of sp³-hybridized carbons (Fsp3) is 0.500. The van der Waals surface area contributed by atoms with Gasteiger partial charge >= 0.3 is 0 Å². The monoisotopic (exact) mass is 267 g/mol. The molecular weight excluding hydrogens is 250 g/mol. The van der Waals surface area contributed by atoms with Crippen molar-refractivity contribution in [2.45, 2.75) is 39.7 Å². The SMILES string of the molecule is CCCc1nc(Cc2csc(C)n2)sc1CN. The normalized spacial score (nSPS) is 11.0. The maximum atomic E-state index is 5.75. The van der Waals surface area contributed by atoms with E-state index in [1.165, 1.54) is 10.6 Å². The van der Waals surface area contributed by atoms with Gasteiger partial charge in [-0.15, -0.1) is 22.7 Å². The molecule has 0 saturated heterocycles. The van der Waals surface area contributed by atoms with E-state index in [-0.39, 0.29) is 0 Å². The van der Waals surface area contributed by atoms with Gasteiger partial charge in [-0.3, -0.25) is 0 Å². The number of nitrogens with zero attached hydrogens (tertiary/aromatic N) is 2. The topological polar surface area (TPSA) is 51.8 Å². The zero-order valence-electron chi connectivity index (χ0n) is 10.2. The van der Waals surface area contributed by atoms with E-state index in [0.717, 1.165) is 35.0 Å². The van der Waals surface area contributed by atoms with Gasteiger partial charge < -0.3 is 5.73 Å². The highest BCUT2D eigenvalue weighted by molar-refractivity contribution is 7.11. The highest BCUT2D eigenvalue weighted by Gasteiger charge is 2.10. The van der Waals surface area contributed by atoms with Crippen LogP contribution in [0.25, 0.3) is 0 Å². The van der Waals surface area contributed by atoms with Crippen LogP contribution in [0.5, 0.6) is 0 Å². The van der Waals surface area contributed by atoms with E-state index < -0.39 is 0 Å². The molecule has 0 atom stereocenters. The summed E-state index contributed by atoms with van der Waals surface area (Å²) in [5.41, 5.74) is 8.05. The predicted octanol–water partition coefficient (Wildman–Crippen LogP) is 2.91. The molecule has 0 spiro atoms. The summed E-state index contributed by atoms with van der Waals surface area (Å²) in [6.07, 6.45) is 2.98. The van der Waals surface area contributed by atoms with Crippen molar-refractivity contribution >= 4 is 22.7 Å². The zero-order chi connectivity index (χ0) is 12.3. The van der Waals surface area contributed by atoms with Gasteiger partial charge in [-0.25, -0.2) is 9.97 Å². The van der Waals surface area contributed by atoms with E-state index >= 15 is 0 Å². The number of aryl methyl sites for hydroxylation is 2. The molecule has 0 amide bonds. The number of thiazole rings is 2. The van der Waals surface area contributed by atoms with Gasteiger partial charge in [0.05, 0.1) is 21.4 Å². The van der Waals surface area contributed by atoms with Crippen LogP contribution in [0, 0.1) is 6.92 Å². The van der Waals surface area contributed by atoms with Gasteiger partial charge in [0.15, 0.2) is 0 Å². The number of hydrogen-bond acceptors (Lipinski definition) is 5. The molecule has 0 unspecified atom stereocenters. The van der Waals surface area contributed by atoms with Crippen molar-refractivity contribution in [3.63, 3.8) is 0 Å². The average Bonchev–Trinajstić information content (AvgIpc) is 2.87. The summed E-state index contributed by atoms with van der Waals surface area (Å²) in [6, 6.07) is 0. The Morgan fingerprint density at radius 1 is 1.35 bits per heavy atom. The molecule has 0 aliphatic rings. The summed E-state index contributed by atoms with van der Waals surface area (Å²) in [5, 5.41) is 4.36. The Balaban J connectivity index is 2.16. The minimum absolute atomic E-state index is 0.600. The van der Waals surface area contributed by atoms with Crippen LogP contribution in [-0.4, -0.2) is 9.97 Å². The van der Waals surface area contributed by atoms with Crippen LogP contribution in [0.1, 0.15) is 39.6 Å². The standard InChI is InChI=1S/C12H17N3S2/c1-3-4-10-11(6-13)17-12(15-10)5-9-7-16-8(2)14-9/h7H,3-6,13H2,1-2H3. The molecule has 17 heavy (non-hydrogen) atoms. The molecule has 0 aliphatic heterocycles. The number of aromatic nitrogens is 2. The van der Waals surface area contributed by atoms with Crippen molar-refractivity contribution in [2.24, 2.45) is 5.73 Å². The van der Waals surface area contributed by atoms with Crippen LogP contribution in [0.2, 0.25) is 0 Å². The fourth-order valence-electron chi connectivity index (χ4n) is 1.75. The van der Waals surface area contributed by atoms with E-state index in [1.807, 2.05) is 6.92 Å². The molecule has 2 heterocycles. The van der Waals surface area contributed by atoms with Crippen molar-refractivity contribution in [2.75, 3.05) is 0 Å². The third-order valence-corrected chi connectivity index (χ3v) is 4.44. The van der Waals surface area contributed by atoms with Gasteiger partial charge in [-0.1, -0.05) is 13.3 Å². The Morgan fingerprint density at radius 3 is 2.76 bits per heavy atom. The smallest absolute Gasteiger partial charge is 0.0991 e. The van der Waals surface area contributed by atoms with E-state index in [2.05, 4.69) is 22.3 Å². The summed E-state index contributed by atoms with van der Waals surface area (Å²) in [7, 11) is 0. The summed E-state index contributed by atoms with van der Waals surface area (Å²) in [5.74, 6) is 0. The van der Waals surface area contributed by atoms with Crippen LogP contribution in [-0.2, 0) is 19.4 Å². The maximum Gasteiger partial charge on any atom is 0.0991 e. The van der Waals surface area contributed by atoms with Crippen LogP contribution >= 0.6 is 22.7 Å². The average molecular weight is 267 g/mol. The van der Waals surface area contributed by atoms with E-state index in [1.54, 1.807) is 22.7 Å². The van der Waals surface area contributed by atoms with Crippen molar-refractivity contribution in [3.05, 3.63) is 31.7 Å². The minimum atomic E-state index is 0.600. The lowest BCUT2D eigenvalue weighted by Gasteiger charge is -1.94. The summed E-state index contributed by atoms with van der Waals surface area (Å²) >= 11 is 3.42. The van der Waals surface area contributed by atoms with Crippen LogP contribution in [0.3, 0.4) is 0 Å². The molecule has 3 nitrogen and oxygen atoms in total. The van der Waals surface area contributed by atoms with Gasteiger partial charge in [0.2, 0.25) is 0 Å². The lowest BCUT2D eigenvalue weighted by atomic mass is 10.2. The zero-order valence-corrected chi connectivity index (χ0v) is 11.8. The van der Waals surface area contributed by atoms with Crippen molar-refractivity contribution in [1.29, 1.82) is 0 Å². The highest BCUT2D eigenvalue weighted by atomic mass is 32.1. The molecule has 92 valence electrons. The first-order valence-corrected chi connectivity index (χ1v) is 7.51. The molecular formula is C12H17N3S2. The van der Waals surface area contributed by atoms with Gasteiger partial charge in [0.1, 0.15) is 0 Å². The Hall–Kier alpha value is -0.780. The maximum absolute atomic E-state index is 5.75. The molecule has 2 aromatic rings. The minimum Gasteiger partial charge on any atom is -0.326 e. The van der Waals surface area contributed by atoms with Gasteiger partial charge in [-0.2, -0.15) is 0 Å². The summed E-state index contributed by atoms with van der Waals surface area (Å²) in [4.78, 5) is 10.4. The Morgan fingerprint density at radius 2 is 2.18 bits per heavy atom. The molecule has 5 heteroatoms. The van der Waals surface area contributed by atoms with Gasteiger partial charge in [-0.05, 0) is 13.3 Å². The quantitative estimate of drug-likeness (QED) is 0.906. The fourth-order valence-corrected chi connectivity index (χ4v) is 3.37. The number of hydrogen-bond donors (Lipinski definition) is 1. The molecule has 2 aromatic heterocycles. The number of rotatable bonds is 5. The second kappa shape index (κ2) is 5.71. The van der Waals surface area contributed by atoms with Crippen molar-refractivity contribution in [3.8, 4) is 0 Å². The second-order valence-corrected chi connectivity index (χ2v) is 6.20. The third-order valence-electron chi connectivity index (χ3n) is 2.49. The molecule has 0 aliphatic carbocycles. The van der Waals surface area contributed by atoms with E-state index in [4.69, 9.17) is 5.73 Å². The molecule has 0 aromatic carbocycles. The first-order valence-electron chi connectivity index (χ1n) is 5.81. The lowest BCUT2D eigenvalue weighted by molar-refractivity contribution is 0.861. The second-order valence-electron chi connectivity index (χ2n) is 3.97. The van der Waals surface area contributed by atoms with Crippen LogP contribution < -0.4 is 5.73 Å². The van der Waals surface area contributed by atoms with Gasteiger partial charge in [0, 0.05) is 23.2 Å².